The molecule has 5 nitrogen and oxygen atoms in total. The second-order valence-electron chi connectivity index (χ2n) is 7.89. The van der Waals surface area contributed by atoms with Crippen molar-refractivity contribution in [1.29, 1.82) is 5.26 Å². The van der Waals surface area contributed by atoms with Gasteiger partial charge >= 0.3 is 0 Å². The molecule has 3 aromatic rings. The molecule has 176 valence electrons. The lowest BCUT2D eigenvalue weighted by Crippen LogP contribution is -2.13. The second kappa shape index (κ2) is 13.7. The summed E-state index contributed by atoms with van der Waals surface area (Å²) >= 11 is 4.84. The summed E-state index contributed by atoms with van der Waals surface area (Å²) in [4.78, 5) is 17.9. The van der Waals surface area contributed by atoms with Crippen LogP contribution in [0.25, 0.3) is 6.08 Å². The highest BCUT2D eigenvalue weighted by Gasteiger charge is 2.12. The lowest BCUT2D eigenvalue weighted by Gasteiger charge is -2.06. The van der Waals surface area contributed by atoms with Crippen molar-refractivity contribution >= 4 is 44.4 Å². The van der Waals surface area contributed by atoms with Crippen LogP contribution < -0.4 is 10.1 Å². The van der Waals surface area contributed by atoms with E-state index in [0.717, 1.165) is 39.1 Å². The molecule has 34 heavy (non-hydrogen) atoms. The molecule has 0 aliphatic carbocycles. The van der Waals surface area contributed by atoms with Crippen molar-refractivity contribution in [2.24, 2.45) is 0 Å². The van der Waals surface area contributed by atoms with Crippen molar-refractivity contribution < 1.29 is 9.53 Å². The van der Waals surface area contributed by atoms with Gasteiger partial charge in [-0.25, -0.2) is 4.98 Å². The standard InChI is InChI=1S/C27H28BrN3O2S/c1-2-3-4-5-6-15-33-24-13-9-20(10-14-24)16-22(18-29)26(32)31-27-30-19-25(34-27)17-21-7-11-23(28)12-8-21/h7-14,16,19H,2-6,15,17H2,1H3,(H,30,31,32). The molecular formula is C27H28BrN3O2S. The summed E-state index contributed by atoms with van der Waals surface area (Å²) in [6, 6.07) is 17.5. The van der Waals surface area contributed by atoms with Gasteiger partial charge in [0.1, 0.15) is 17.4 Å². The molecule has 2 aromatic carbocycles. The fraction of sp³-hybridized carbons (Fsp3) is 0.296. The van der Waals surface area contributed by atoms with E-state index < -0.39 is 5.91 Å². The third kappa shape index (κ3) is 8.44. The van der Waals surface area contributed by atoms with Crippen molar-refractivity contribution in [1.82, 2.24) is 4.98 Å². The average molecular weight is 539 g/mol. The molecule has 1 N–H and O–H groups in total. The first-order chi connectivity index (χ1) is 16.6. The van der Waals surface area contributed by atoms with Crippen LogP contribution in [-0.2, 0) is 11.2 Å². The third-order valence-corrected chi connectivity index (χ3v) is 6.58. The monoisotopic (exact) mass is 537 g/mol. The van der Waals surface area contributed by atoms with Crippen molar-refractivity contribution in [3.8, 4) is 11.8 Å². The average Bonchev–Trinajstić information content (AvgIpc) is 3.28. The smallest absolute Gasteiger partial charge is 0.268 e. The zero-order valence-corrected chi connectivity index (χ0v) is 21.6. The van der Waals surface area contributed by atoms with Crippen LogP contribution in [0.15, 0.2) is 64.8 Å². The fourth-order valence-corrected chi connectivity index (χ4v) is 4.39. The number of halogens is 1. The minimum Gasteiger partial charge on any atom is -0.494 e. The Morgan fingerprint density at radius 3 is 2.56 bits per heavy atom. The number of thiazole rings is 1. The zero-order valence-electron chi connectivity index (χ0n) is 19.2. The highest BCUT2D eigenvalue weighted by Crippen LogP contribution is 2.23. The van der Waals surface area contributed by atoms with Gasteiger partial charge in [-0.2, -0.15) is 5.26 Å². The van der Waals surface area contributed by atoms with E-state index in [4.69, 9.17) is 4.74 Å². The third-order valence-electron chi connectivity index (χ3n) is 5.14. The molecule has 0 saturated heterocycles. The zero-order chi connectivity index (χ0) is 24.2. The van der Waals surface area contributed by atoms with E-state index in [1.54, 1.807) is 12.3 Å². The molecule has 0 saturated carbocycles. The lowest BCUT2D eigenvalue weighted by molar-refractivity contribution is -0.112. The largest absolute Gasteiger partial charge is 0.494 e. The molecule has 0 unspecified atom stereocenters. The summed E-state index contributed by atoms with van der Waals surface area (Å²) in [6.45, 7) is 2.90. The Labute approximate surface area is 213 Å². The number of ether oxygens (including phenoxy) is 1. The van der Waals surface area contributed by atoms with Gasteiger partial charge in [-0.3, -0.25) is 10.1 Å². The summed E-state index contributed by atoms with van der Waals surface area (Å²) in [5, 5.41) is 12.7. The number of carbonyl (C=O) groups excluding carboxylic acids is 1. The van der Waals surface area contributed by atoms with Gasteiger partial charge in [0.15, 0.2) is 5.13 Å². The van der Waals surface area contributed by atoms with Crippen LogP contribution in [0.1, 0.15) is 55.0 Å². The first-order valence-electron chi connectivity index (χ1n) is 11.4. The molecule has 0 aliphatic heterocycles. The van der Waals surface area contributed by atoms with E-state index in [9.17, 15) is 10.1 Å². The number of carbonyl (C=O) groups is 1. The number of amides is 1. The Hall–Kier alpha value is -2.95. The Morgan fingerprint density at radius 2 is 1.85 bits per heavy atom. The van der Waals surface area contributed by atoms with Crippen molar-refractivity contribution in [3.05, 3.63) is 80.8 Å². The fourth-order valence-electron chi connectivity index (χ4n) is 3.29. The minimum atomic E-state index is -0.473. The molecule has 0 aliphatic rings. The molecule has 1 aromatic heterocycles. The van der Waals surface area contributed by atoms with Crippen LogP contribution in [0, 0.1) is 11.3 Å². The predicted octanol–water partition coefficient (Wildman–Crippen LogP) is 7.39. The van der Waals surface area contributed by atoms with E-state index in [2.05, 4.69) is 33.2 Å². The summed E-state index contributed by atoms with van der Waals surface area (Å²) in [6.07, 6.45) is 10.0. The van der Waals surface area contributed by atoms with Gasteiger partial charge in [0.2, 0.25) is 0 Å². The van der Waals surface area contributed by atoms with Gasteiger partial charge in [-0.1, -0.05) is 72.8 Å². The number of benzene rings is 2. The Morgan fingerprint density at radius 1 is 1.12 bits per heavy atom. The van der Waals surface area contributed by atoms with Crippen LogP contribution in [0.3, 0.4) is 0 Å². The summed E-state index contributed by atoms with van der Waals surface area (Å²) < 4.78 is 6.81. The van der Waals surface area contributed by atoms with Gasteiger partial charge in [-0.15, -0.1) is 11.3 Å². The van der Waals surface area contributed by atoms with Gasteiger partial charge < -0.3 is 4.74 Å². The van der Waals surface area contributed by atoms with E-state index >= 15 is 0 Å². The van der Waals surface area contributed by atoms with Crippen LogP contribution in [0.2, 0.25) is 0 Å². The van der Waals surface area contributed by atoms with E-state index in [1.165, 1.54) is 37.0 Å². The summed E-state index contributed by atoms with van der Waals surface area (Å²) in [5.74, 6) is 0.316. The van der Waals surface area contributed by atoms with Gasteiger partial charge in [-0.05, 0) is 47.9 Å². The summed E-state index contributed by atoms with van der Waals surface area (Å²) in [7, 11) is 0. The normalized spacial score (nSPS) is 11.1. The number of hydrogen-bond acceptors (Lipinski definition) is 5. The molecule has 0 radical (unpaired) electrons. The molecule has 3 rings (SSSR count). The van der Waals surface area contributed by atoms with Crippen LogP contribution >= 0.6 is 27.3 Å². The predicted molar refractivity (Wildman–Crippen MR) is 142 cm³/mol. The first kappa shape index (κ1) is 25.7. The summed E-state index contributed by atoms with van der Waals surface area (Å²) in [5.41, 5.74) is 1.94. The van der Waals surface area contributed by atoms with Crippen molar-refractivity contribution in [2.45, 2.75) is 45.4 Å². The Kier molecular flexibility index (Phi) is 10.3. The van der Waals surface area contributed by atoms with Crippen LogP contribution in [0.4, 0.5) is 5.13 Å². The molecule has 0 bridgehead atoms. The Balaban J connectivity index is 1.53. The second-order valence-corrected chi connectivity index (χ2v) is 9.92. The number of unbranched alkanes of at least 4 members (excludes halogenated alkanes) is 4. The number of nitrogens with one attached hydrogen (secondary N) is 1. The van der Waals surface area contributed by atoms with Crippen molar-refractivity contribution in [2.75, 3.05) is 11.9 Å². The van der Waals surface area contributed by atoms with Crippen LogP contribution in [0.5, 0.6) is 5.75 Å². The molecule has 0 spiro atoms. The number of nitrogens with zero attached hydrogens (tertiary/aromatic N) is 2. The molecular weight excluding hydrogens is 510 g/mol. The highest BCUT2D eigenvalue weighted by molar-refractivity contribution is 9.10. The van der Waals surface area contributed by atoms with E-state index in [0.29, 0.717) is 11.7 Å². The maximum Gasteiger partial charge on any atom is 0.268 e. The number of rotatable bonds is 12. The molecule has 7 heteroatoms. The van der Waals surface area contributed by atoms with Gasteiger partial charge in [0.25, 0.3) is 5.91 Å². The number of aromatic nitrogens is 1. The molecule has 1 heterocycles. The van der Waals surface area contributed by atoms with Gasteiger partial charge in [0, 0.05) is 22.0 Å². The quantitative estimate of drug-likeness (QED) is 0.148. The SMILES string of the molecule is CCCCCCCOc1ccc(C=C(C#N)C(=O)Nc2ncc(Cc3ccc(Br)cc3)s2)cc1. The number of hydrogen-bond donors (Lipinski definition) is 1. The first-order valence-corrected chi connectivity index (χ1v) is 13.0. The van der Waals surface area contributed by atoms with Crippen LogP contribution in [-0.4, -0.2) is 17.5 Å². The van der Waals surface area contributed by atoms with Gasteiger partial charge in [0.05, 0.1) is 6.61 Å². The minimum absolute atomic E-state index is 0.0225. The lowest BCUT2D eigenvalue weighted by atomic mass is 10.1. The van der Waals surface area contributed by atoms with E-state index in [-0.39, 0.29) is 5.57 Å². The topological polar surface area (TPSA) is 75.0 Å². The molecule has 0 fully saturated rings. The van der Waals surface area contributed by atoms with Crippen molar-refractivity contribution in [3.63, 3.8) is 0 Å². The highest BCUT2D eigenvalue weighted by atomic mass is 79.9. The Bertz CT molecular complexity index is 1130. The maximum atomic E-state index is 12.6. The molecule has 1 amide bonds. The number of nitriles is 1. The van der Waals surface area contributed by atoms with E-state index in [1.807, 2.05) is 54.6 Å². The molecule has 0 atom stereocenters. The maximum absolute atomic E-state index is 12.6. The number of anilines is 1.